The highest BCUT2D eigenvalue weighted by molar-refractivity contribution is 5.96. The molecule has 0 saturated heterocycles. The fourth-order valence-electron chi connectivity index (χ4n) is 1.50. The maximum absolute atomic E-state index is 11.9. The quantitative estimate of drug-likeness (QED) is 0.632. The Bertz CT molecular complexity index is 357. The van der Waals surface area contributed by atoms with Gasteiger partial charge in [-0.3, -0.25) is 4.79 Å². The van der Waals surface area contributed by atoms with Gasteiger partial charge in [-0.1, -0.05) is 29.8 Å². The molecule has 1 rings (SSSR count). The molecule has 0 aliphatic rings. The van der Waals surface area contributed by atoms with Gasteiger partial charge in [0.05, 0.1) is 19.8 Å². The van der Waals surface area contributed by atoms with Crippen molar-refractivity contribution in [3.8, 4) is 0 Å². The second-order valence-electron chi connectivity index (χ2n) is 4.44. The standard InChI is InChI=1S/C13H18O4/c1-10-2-4-11(5-3-10)12(17)6-13(7-14,8-15)9-16/h2-5,14-16H,6-9H2,1H3. The number of aliphatic hydroxyl groups excluding tert-OH is 3. The molecule has 94 valence electrons. The van der Waals surface area contributed by atoms with Gasteiger partial charge in [-0.15, -0.1) is 0 Å². The zero-order chi connectivity index (χ0) is 12.9. The molecule has 4 heteroatoms. The molecular weight excluding hydrogens is 220 g/mol. The van der Waals surface area contributed by atoms with E-state index >= 15 is 0 Å². The van der Waals surface area contributed by atoms with Gasteiger partial charge in [0.15, 0.2) is 5.78 Å². The number of hydrogen-bond acceptors (Lipinski definition) is 4. The number of ketones is 1. The van der Waals surface area contributed by atoms with E-state index in [-0.39, 0.29) is 12.2 Å². The van der Waals surface area contributed by atoms with Crippen LogP contribution in [0.2, 0.25) is 0 Å². The van der Waals surface area contributed by atoms with Crippen LogP contribution in [0.3, 0.4) is 0 Å². The number of benzene rings is 1. The maximum atomic E-state index is 11.9. The minimum absolute atomic E-state index is 0.0699. The van der Waals surface area contributed by atoms with E-state index in [4.69, 9.17) is 15.3 Å². The van der Waals surface area contributed by atoms with Gasteiger partial charge >= 0.3 is 0 Å². The van der Waals surface area contributed by atoms with Crippen molar-refractivity contribution < 1.29 is 20.1 Å². The Labute approximate surface area is 101 Å². The average molecular weight is 238 g/mol. The fourth-order valence-corrected chi connectivity index (χ4v) is 1.50. The number of aliphatic hydroxyl groups is 3. The minimum Gasteiger partial charge on any atom is -0.396 e. The lowest BCUT2D eigenvalue weighted by Crippen LogP contribution is -2.36. The van der Waals surface area contributed by atoms with E-state index in [2.05, 4.69) is 0 Å². The lowest BCUT2D eigenvalue weighted by atomic mass is 9.84. The first-order valence-corrected chi connectivity index (χ1v) is 5.49. The van der Waals surface area contributed by atoms with Crippen LogP contribution in [0.25, 0.3) is 0 Å². The molecule has 4 nitrogen and oxygen atoms in total. The predicted molar refractivity (Wildman–Crippen MR) is 63.8 cm³/mol. The molecule has 1 aromatic rings. The Morgan fingerprint density at radius 3 is 1.94 bits per heavy atom. The summed E-state index contributed by atoms with van der Waals surface area (Å²) in [6.07, 6.45) is -0.0699. The smallest absolute Gasteiger partial charge is 0.163 e. The van der Waals surface area contributed by atoms with Crippen molar-refractivity contribution in [1.29, 1.82) is 0 Å². The van der Waals surface area contributed by atoms with Crippen molar-refractivity contribution in [2.45, 2.75) is 13.3 Å². The van der Waals surface area contributed by atoms with Gasteiger partial charge < -0.3 is 15.3 Å². The second kappa shape index (κ2) is 5.91. The number of Topliss-reactive ketones (excluding diaryl/α,β-unsaturated/α-hetero) is 1. The van der Waals surface area contributed by atoms with Gasteiger partial charge in [0.25, 0.3) is 0 Å². The van der Waals surface area contributed by atoms with E-state index in [1.165, 1.54) is 0 Å². The SMILES string of the molecule is Cc1ccc(C(=O)CC(CO)(CO)CO)cc1. The first kappa shape index (κ1) is 13.8. The molecule has 0 heterocycles. The molecule has 0 unspecified atom stereocenters. The van der Waals surface area contributed by atoms with Crippen molar-refractivity contribution in [3.63, 3.8) is 0 Å². The number of carbonyl (C=O) groups excluding carboxylic acids is 1. The first-order chi connectivity index (χ1) is 8.06. The second-order valence-corrected chi connectivity index (χ2v) is 4.44. The summed E-state index contributed by atoms with van der Waals surface area (Å²) in [6.45, 7) is 0.667. The van der Waals surface area contributed by atoms with Crippen LogP contribution in [0.1, 0.15) is 22.3 Å². The molecule has 1 aromatic carbocycles. The topological polar surface area (TPSA) is 77.8 Å². The Balaban J connectivity index is 2.81. The molecule has 0 saturated carbocycles. The monoisotopic (exact) mass is 238 g/mol. The third-order valence-electron chi connectivity index (χ3n) is 2.92. The van der Waals surface area contributed by atoms with E-state index in [9.17, 15) is 4.79 Å². The number of rotatable bonds is 6. The lowest BCUT2D eigenvalue weighted by molar-refractivity contribution is 0.00193. The maximum Gasteiger partial charge on any atom is 0.163 e. The molecule has 0 aromatic heterocycles. The summed E-state index contributed by atoms with van der Waals surface area (Å²) in [5, 5.41) is 27.4. The molecule has 0 fully saturated rings. The van der Waals surface area contributed by atoms with E-state index in [0.29, 0.717) is 5.56 Å². The van der Waals surface area contributed by atoms with Crippen molar-refractivity contribution in [2.75, 3.05) is 19.8 Å². The highest BCUT2D eigenvalue weighted by atomic mass is 16.3. The number of aryl methyl sites for hydroxylation is 1. The van der Waals surface area contributed by atoms with Gasteiger partial charge in [-0.25, -0.2) is 0 Å². The Kier molecular flexibility index (Phi) is 4.81. The number of carbonyl (C=O) groups is 1. The summed E-state index contributed by atoms with van der Waals surface area (Å²) in [4.78, 5) is 11.9. The van der Waals surface area contributed by atoms with E-state index in [0.717, 1.165) is 5.56 Å². The van der Waals surface area contributed by atoms with Crippen LogP contribution in [-0.4, -0.2) is 40.9 Å². The zero-order valence-corrected chi connectivity index (χ0v) is 9.89. The van der Waals surface area contributed by atoms with Crippen LogP contribution in [0, 0.1) is 12.3 Å². The number of hydrogen-bond donors (Lipinski definition) is 3. The molecule has 3 N–H and O–H groups in total. The Morgan fingerprint density at radius 2 is 1.53 bits per heavy atom. The zero-order valence-electron chi connectivity index (χ0n) is 9.89. The van der Waals surface area contributed by atoms with Crippen molar-refractivity contribution in [1.82, 2.24) is 0 Å². The van der Waals surface area contributed by atoms with Crippen LogP contribution in [0.15, 0.2) is 24.3 Å². The lowest BCUT2D eigenvalue weighted by Gasteiger charge is -2.26. The molecule has 0 spiro atoms. The van der Waals surface area contributed by atoms with Crippen LogP contribution < -0.4 is 0 Å². The Hall–Kier alpha value is -1.23. The van der Waals surface area contributed by atoms with Crippen molar-refractivity contribution >= 4 is 5.78 Å². The molecule has 0 amide bonds. The van der Waals surface area contributed by atoms with Crippen molar-refractivity contribution in [2.24, 2.45) is 5.41 Å². The normalized spacial score (nSPS) is 11.5. The largest absolute Gasteiger partial charge is 0.396 e. The molecule has 0 aliphatic heterocycles. The van der Waals surface area contributed by atoms with Crippen LogP contribution in [0.4, 0.5) is 0 Å². The Morgan fingerprint density at radius 1 is 1.06 bits per heavy atom. The molecule has 0 bridgehead atoms. The third-order valence-corrected chi connectivity index (χ3v) is 2.92. The molecule has 17 heavy (non-hydrogen) atoms. The highest BCUT2D eigenvalue weighted by Gasteiger charge is 2.31. The third kappa shape index (κ3) is 3.36. The summed E-state index contributed by atoms with van der Waals surface area (Å²) < 4.78 is 0. The van der Waals surface area contributed by atoms with Gasteiger partial charge in [0, 0.05) is 17.4 Å². The molecule has 0 aliphatic carbocycles. The molecular formula is C13H18O4. The average Bonchev–Trinajstić information content (AvgIpc) is 2.37. The summed E-state index contributed by atoms with van der Waals surface area (Å²) in [5.74, 6) is -0.192. The van der Waals surface area contributed by atoms with Gasteiger partial charge in [0.2, 0.25) is 0 Å². The highest BCUT2D eigenvalue weighted by Crippen LogP contribution is 2.22. The summed E-state index contributed by atoms with van der Waals surface area (Å²) in [5.41, 5.74) is 0.441. The van der Waals surface area contributed by atoms with Crippen LogP contribution in [0.5, 0.6) is 0 Å². The minimum atomic E-state index is -1.14. The van der Waals surface area contributed by atoms with E-state index in [1.54, 1.807) is 12.1 Å². The summed E-state index contributed by atoms with van der Waals surface area (Å²) in [6, 6.07) is 7.06. The summed E-state index contributed by atoms with van der Waals surface area (Å²) in [7, 11) is 0. The summed E-state index contributed by atoms with van der Waals surface area (Å²) >= 11 is 0. The van der Waals surface area contributed by atoms with Crippen LogP contribution >= 0.6 is 0 Å². The fraction of sp³-hybridized carbons (Fsp3) is 0.462. The van der Waals surface area contributed by atoms with E-state index in [1.807, 2.05) is 19.1 Å². The molecule has 0 radical (unpaired) electrons. The predicted octanol–water partition coefficient (Wildman–Crippen LogP) is 0.531. The molecule has 0 atom stereocenters. The first-order valence-electron chi connectivity index (χ1n) is 5.49. The van der Waals surface area contributed by atoms with Gasteiger partial charge in [-0.05, 0) is 6.92 Å². The van der Waals surface area contributed by atoms with Crippen LogP contribution in [-0.2, 0) is 0 Å². The van der Waals surface area contributed by atoms with Gasteiger partial charge in [0.1, 0.15) is 0 Å². The van der Waals surface area contributed by atoms with Crippen molar-refractivity contribution in [3.05, 3.63) is 35.4 Å². The van der Waals surface area contributed by atoms with Gasteiger partial charge in [-0.2, -0.15) is 0 Å². The van der Waals surface area contributed by atoms with E-state index < -0.39 is 25.2 Å².